The first-order chi connectivity index (χ1) is 9.79. The second-order valence-corrected chi connectivity index (χ2v) is 5.57. The van der Waals surface area contributed by atoms with E-state index in [0.29, 0.717) is 6.54 Å². The lowest BCUT2D eigenvalue weighted by molar-refractivity contribution is 0.759. The first kappa shape index (κ1) is 13.2. The van der Waals surface area contributed by atoms with E-state index in [1.54, 1.807) is 0 Å². The minimum absolute atomic E-state index is 0.592. The Balaban J connectivity index is 2.12. The summed E-state index contributed by atoms with van der Waals surface area (Å²) in [5.41, 5.74) is 12.5. The molecule has 0 saturated carbocycles. The maximum atomic E-state index is 5.94. The summed E-state index contributed by atoms with van der Waals surface area (Å²) in [5.74, 6) is 0. The Kier molecular flexibility index (Phi) is 3.75. The number of nitrogens with zero attached hydrogens (tertiary/aromatic N) is 1. The molecule has 0 aromatic heterocycles. The van der Waals surface area contributed by atoms with Gasteiger partial charge in [0.05, 0.1) is 0 Å². The molecule has 0 atom stereocenters. The Hall–Kier alpha value is -1.80. The van der Waals surface area contributed by atoms with Crippen LogP contribution in [0.2, 0.25) is 0 Å². The summed E-state index contributed by atoms with van der Waals surface area (Å²) in [7, 11) is 0. The monoisotopic (exact) mass is 266 g/mol. The van der Waals surface area contributed by atoms with Crippen LogP contribution in [0.5, 0.6) is 0 Å². The van der Waals surface area contributed by atoms with Crippen LogP contribution in [-0.4, -0.2) is 6.54 Å². The van der Waals surface area contributed by atoms with Crippen molar-refractivity contribution < 1.29 is 0 Å². The van der Waals surface area contributed by atoms with Crippen LogP contribution in [0.15, 0.2) is 42.5 Å². The molecule has 0 spiro atoms. The van der Waals surface area contributed by atoms with Gasteiger partial charge in [-0.25, -0.2) is 0 Å². The molecule has 2 aromatic rings. The van der Waals surface area contributed by atoms with Crippen molar-refractivity contribution in [1.82, 2.24) is 0 Å². The molecule has 0 amide bonds. The van der Waals surface area contributed by atoms with Gasteiger partial charge in [0.1, 0.15) is 0 Å². The van der Waals surface area contributed by atoms with E-state index in [1.165, 1.54) is 47.3 Å². The summed E-state index contributed by atoms with van der Waals surface area (Å²) in [6, 6.07) is 15.4. The van der Waals surface area contributed by atoms with E-state index in [0.717, 1.165) is 6.54 Å². The van der Waals surface area contributed by atoms with Crippen LogP contribution in [0.25, 0.3) is 0 Å². The van der Waals surface area contributed by atoms with Crippen molar-refractivity contribution in [1.29, 1.82) is 0 Å². The summed E-state index contributed by atoms with van der Waals surface area (Å²) in [5, 5.41) is 0. The Morgan fingerprint density at radius 3 is 2.75 bits per heavy atom. The summed E-state index contributed by atoms with van der Waals surface area (Å²) in [6.45, 7) is 3.81. The number of fused-ring (bicyclic) bond motifs is 1. The van der Waals surface area contributed by atoms with Crippen molar-refractivity contribution >= 4 is 11.4 Å². The third kappa shape index (κ3) is 2.44. The van der Waals surface area contributed by atoms with Crippen LogP contribution in [-0.2, 0) is 13.0 Å². The number of hydrogen-bond acceptors (Lipinski definition) is 2. The molecular formula is C18H22N2. The summed E-state index contributed by atoms with van der Waals surface area (Å²) >= 11 is 0. The van der Waals surface area contributed by atoms with Gasteiger partial charge in [-0.05, 0) is 55.0 Å². The Labute approximate surface area is 121 Å². The highest BCUT2D eigenvalue weighted by Gasteiger charge is 2.18. The molecular weight excluding hydrogens is 244 g/mol. The molecule has 3 rings (SSSR count). The fourth-order valence-electron chi connectivity index (χ4n) is 3.04. The van der Waals surface area contributed by atoms with Gasteiger partial charge in [-0.15, -0.1) is 0 Å². The number of para-hydroxylation sites is 1. The fraction of sp³-hybridized carbons (Fsp3) is 0.333. The zero-order valence-electron chi connectivity index (χ0n) is 12.1. The van der Waals surface area contributed by atoms with E-state index in [9.17, 15) is 0 Å². The second kappa shape index (κ2) is 5.68. The van der Waals surface area contributed by atoms with Crippen molar-refractivity contribution in [2.75, 3.05) is 11.4 Å². The predicted molar refractivity (Wildman–Crippen MR) is 85.5 cm³/mol. The SMILES string of the molecule is Cc1ccc(CN)c(N2CCCCc3ccccc32)c1. The molecule has 1 aliphatic rings. The Morgan fingerprint density at radius 2 is 1.90 bits per heavy atom. The lowest BCUT2D eigenvalue weighted by atomic mass is 10.1. The van der Waals surface area contributed by atoms with Crippen LogP contribution in [0.1, 0.15) is 29.5 Å². The Morgan fingerprint density at radius 1 is 1.05 bits per heavy atom. The second-order valence-electron chi connectivity index (χ2n) is 5.57. The van der Waals surface area contributed by atoms with Gasteiger partial charge in [-0.2, -0.15) is 0 Å². The molecule has 1 aliphatic heterocycles. The quantitative estimate of drug-likeness (QED) is 0.892. The van der Waals surface area contributed by atoms with Crippen molar-refractivity contribution in [3.05, 3.63) is 59.2 Å². The number of anilines is 2. The largest absolute Gasteiger partial charge is 0.341 e. The van der Waals surface area contributed by atoms with Crippen LogP contribution in [0, 0.1) is 6.92 Å². The van der Waals surface area contributed by atoms with Gasteiger partial charge >= 0.3 is 0 Å². The standard InChI is InChI=1S/C18H22N2/c1-14-9-10-16(13-19)18(12-14)20-11-5-4-7-15-6-2-3-8-17(15)20/h2-3,6,8-10,12H,4-5,7,11,13,19H2,1H3. The number of hydrogen-bond donors (Lipinski definition) is 1. The van der Waals surface area contributed by atoms with E-state index < -0.39 is 0 Å². The van der Waals surface area contributed by atoms with E-state index in [1.807, 2.05) is 0 Å². The van der Waals surface area contributed by atoms with Gasteiger partial charge in [0.15, 0.2) is 0 Å². The highest BCUT2D eigenvalue weighted by molar-refractivity contribution is 5.70. The average molecular weight is 266 g/mol. The molecule has 2 heteroatoms. The molecule has 0 fully saturated rings. The zero-order valence-corrected chi connectivity index (χ0v) is 12.1. The summed E-state index contributed by atoms with van der Waals surface area (Å²) in [6.07, 6.45) is 3.67. The third-order valence-electron chi connectivity index (χ3n) is 4.11. The lowest BCUT2D eigenvalue weighted by Crippen LogP contribution is -2.20. The maximum absolute atomic E-state index is 5.94. The number of rotatable bonds is 2. The molecule has 20 heavy (non-hydrogen) atoms. The van der Waals surface area contributed by atoms with Crippen LogP contribution < -0.4 is 10.6 Å². The molecule has 104 valence electrons. The predicted octanol–water partition coefficient (Wildman–Crippen LogP) is 3.93. The van der Waals surface area contributed by atoms with Crippen molar-refractivity contribution in [2.45, 2.75) is 32.7 Å². The van der Waals surface area contributed by atoms with Crippen molar-refractivity contribution in [2.24, 2.45) is 5.73 Å². The normalized spacial score (nSPS) is 14.8. The van der Waals surface area contributed by atoms with E-state index in [4.69, 9.17) is 5.73 Å². The topological polar surface area (TPSA) is 29.3 Å². The molecule has 1 heterocycles. The minimum Gasteiger partial charge on any atom is -0.341 e. The Bertz CT molecular complexity index is 604. The van der Waals surface area contributed by atoms with Gasteiger partial charge in [0.2, 0.25) is 0 Å². The first-order valence-electron chi connectivity index (χ1n) is 7.44. The van der Waals surface area contributed by atoms with Gasteiger partial charge in [-0.3, -0.25) is 0 Å². The molecule has 0 radical (unpaired) electrons. The van der Waals surface area contributed by atoms with E-state index >= 15 is 0 Å². The number of nitrogens with two attached hydrogens (primary N) is 1. The molecule has 2 aromatic carbocycles. The van der Waals surface area contributed by atoms with Gasteiger partial charge < -0.3 is 10.6 Å². The van der Waals surface area contributed by atoms with Gasteiger partial charge in [0, 0.05) is 24.5 Å². The number of aryl methyl sites for hydroxylation is 2. The van der Waals surface area contributed by atoms with Crippen LogP contribution in [0.4, 0.5) is 11.4 Å². The lowest BCUT2D eigenvalue weighted by Gasteiger charge is -2.27. The van der Waals surface area contributed by atoms with Gasteiger partial charge in [0.25, 0.3) is 0 Å². The first-order valence-corrected chi connectivity index (χ1v) is 7.44. The third-order valence-corrected chi connectivity index (χ3v) is 4.11. The fourth-order valence-corrected chi connectivity index (χ4v) is 3.04. The van der Waals surface area contributed by atoms with Gasteiger partial charge in [-0.1, -0.05) is 30.3 Å². The number of benzene rings is 2. The summed E-state index contributed by atoms with van der Waals surface area (Å²) in [4.78, 5) is 2.46. The molecule has 0 bridgehead atoms. The van der Waals surface area contributed by atoms with E-state index in [-0.39, 0.29) is 0 Å². The zero-order chi connectivity index (χ0) is 13.9. The molecule has 2 nitrogen and oxygen atoms in total. The van der Waals surface area contributed by atoms with Crippen LogP contribution >= 0.6 is 0 Å². The van der Waals surface area contributed by atoms with Crippen LogP contribution in [0.3, 0.4) is 0 Å². The average Bonchev–Trinajstić information content (AvgIpc) is 2.69. The molecule has 0 unspecified atom stereocenters. The minimum atomic E-state index is 0.592. The van der Waals surface area contributed by atoms with E-state index in [2.05, 4.69) is 54.3 Å². The molecule has 0 saturated heterocycles. The smallest absolute Gasteiger partial charge is 0.0459 e. The van der Waals surface area contributed by atoms with Crippen molar-refractivity contribution in [3.63, 3.8) is 0 Å². The highest BCUT2D eigenvalue weighted by Crippen LogP contribution is 2.34. The molecule has 2 N–H and O–H groups in total. The highest BCUT2D eigenvalue weighted by atomic mass is 15.1. The maximum Gasteiger partial charge on any atom is 0.0459 e. The van der Waals surface area contributed by atoms with Crippen molar-refractivity contribution in [3.8, 4) is 0 Å². The molecule has 0 aliphatic carbocycles. The summed E-state index contributed by atoms with van der Waals surface area (Å²) < 4.78 is 0.